The molecule has 4 nitrogen and oxygen atoms in total. The number of benzene rings is 2. The van der Waals surface area contributed by atoms with Gasteiger partial charge in [0, 0.05) is 12.0 Å². The zero-order valence-electron chi connectivity index (χ0n) is 13.0. The Bertz CT molecular complexity index is 872. The molecular formula is C18H17FN4. The number of halogens is 1. The molecule has 5 heteroatoms. The van der Waals surface area contributed by atoms with Crippen LogP contribution in [-0.4, -0.2) is 16.5 Å². The van der Waals surface area contributed by atoms with Crippen molar-refractivity contribution in [2.45, 2.75) is 19.3 Å². The highest BCUT2D eigenvalue weighted by Gasteiger charge is 2.21. The maximum absolute atomic E-state index is 13.1. The standard InChI is InChI=1S/C18H17FN4/c1-18(2,13-6-8-14(19)9-7-13)11-21-17-22-15-5-3-4-12(10-20)16(15)23-17/h3-9H,11H2,1-2H3,(H2,21,22,23). The number of hydrogen-bond donors (Lipinski definition) is 2. The highest BCUT2D eigenvalue weighted by atomic mass is 19.1. The minimum Gasteiger partial charge on any atom is -0.355 e. The summed E-state index contributed by atoms with van der Waals surface area (Å²) < 4.78 is 13.1. The lowest BCUT2D eigenvalue weighted by molar-refractivity contribution is 0.552. The summed E-state index contributed by atoms with van der Waals surface area (Å²) in [7, 11) is 0. The molecule has 2 N–H and O–H groups in total. The van der Waals surface area contributed by atoms with Crippen molar-refractivity contribution in [1.82, 2.24) is 9.97 Å². The second kappa shape index (κ2) is 5.73. The summed E-state index contributed by atoms with van der Waals surface area (Å²) in [6.07, 6.45) is 0. The number of nitrogens with zero attached hydrogens (tertiary/aromatic N) is 2. The Morgan fingerprint density at radius 2 is 1.96 bits per heavy atom. The van der Waals surface area contributed by atoms with E-state index in [9.17, 15) is 4.39 Å². The smallest absolute Gasteiger partial charge is 0.201 e. The molecule has 0 aliphatic heterocycles. The maximum atomic E-state index is 13.1. The number of rotatable bonds is 4. The molecule has 3 rings (SSSR count). The second-order valence-corrected chi connectivity index (χ2v) is 6.14. The third kappa shape index (κ3) is 3.02. The molecule has 0 atom stereocenters. The molecule has 0 spiro atoms. The Hall–Kier alpha value is -2.87. The summed E-state index contributed by atoms with van der Waals surface area (Å²) in [5, 5.41) is 12.4. The van der Waals surface area contributed by atoms with Crippen molar-refractivity contribution in [3.8, 4) is 6.07 Å². The number of fused-ring (bicyclic) bond motifs is 1. The van der Waals surface area contributed by atoms with Gasteiger partial charge in [0.05, 0.1) is 11.1 Å². The molecule has 23 heavy (non-hydrogen) atoms. The molecule has 116 valence electrons. The summed E-state index contributed by atoms with van der Waals surface area (Å²) in [6.45, 7) is 4.79. The Balaban J connectivity index is 1.80. The Morgan fingerprint density at radius 3 is 2.65 bits per heavy atom. The minimum absolute atomic E-state index is 0.190. The van der Waals surface area contributed by atoms with E-state index in [-0.39, 0.29) is 11.2 Å². The van der Waals surface area contributed by atoms with Crippen LogP contribution in [0.2, 0.25) is 0 Å². The molecule has 0 fully saturated rings. The summed E-state index contributed by atoms with van der Waals surface area (Å²) in [5.74, 6) is 0.386. The van der Waals surface area contributed by atoms with Crippen LogP contribution in [0.15, 0.2) is 42.5 Å². The number of hydrogen-bond acceptors (Lipinski definition) is 3. The third-order valence-corrected chi connectivity index (χ3v) is 3.96. The molecule has 0 radical (unpaired) electrons. The normalized spacial score (nSPS) is 11.4. The summed E-state index contributed by atoms with van der Waals surface area (Å²) in [6, 6.07) is 14.1. The molecule has 0 aliphatic carbocycles. The maximum Gasteiger partial charge on any atom is 0.201 e. The van der Waals surface area contributed by atoms with E-state index in [0.29, 0.717) is 23.6 Å². The third-order valence-electron chi connectivity index (χ3n) is 3.96. The van der Waals surface area contributed by atoms with Gasteiger partial charge in [0.1, 0.15) is 17.4 Å². The summed E-state index contributed by atoms with van der Waals surface area (Å²) in [5.41, 5.74) is 2.89. The quantitative estimate of drug-likeness (QED) is 0.766. The Labute approximate surface area is 134 Å². The molecule has 0 amide bonds. The number of imidazole rings is 1. The van der Waals surface area contributed by atoms with E-state index in [2.05, 4.69) is 35.2 Å². The van der Waals surface area contributed by atoms with Crippen LogP contribution in [0.3, 0.4) is 0 Å². The largest absolute Gasteiger partial charge is 0.355 e. The number of nitriles is 1. The van der Waals surface area contributed by atoms with Gasteiger partial charge in [-0.1, -0.05) is 32.0 Å². The van der Waals surface area contributed by atoms with E-state index < -0.39 is 0 Å². The first-order chi connectivity index (χ1) is 11.0. The topological polar surface area (TPSA) is 64.5 Å². The van der Waals surface area contributed by atoms with E-state index in [1.165, 1.54) is 12.1 Å². The first-order valence-electron chi connectivity index (χ1n) is 7.38. The van der Waals surface area contributed by atoms with Gasteiger partial charge in [-0.15, -0.1) is 0 Å². The van der Waals surface area contributed by atoms with Gasteiger partial charge in [-0.25, -0.2) is 9.37 Å². The van der Waals surface area contributed by atoms with Crippen molar-refractivity contribution in [2.24, 2.45) is 0 Å². The predicted octanol–water partition coefficient (Wildman–Crippen LogP) is 3.96. The fourth-order valence-electron chi connectivity index (χ4n) is 2.51. The molecule has 0 aliphatic rings. The lowest BCUT2D eigenvalue weighted by Gasteiger charge is -2.25. The van der Waals surface area contributed by atoms with Gasteiger partial charge in [0.15, 0.2) is 0 Å². The summed E-state index contributed by atoms with van der Waals surface area (Å²) >= 11 is 0. The van der Waals surface area contributed by atoms with Crippen molar-refractivity contribution in [2.75, 3.05) is 11.9 Å². The van der Waals surface area contributed by atoms with Crippen LogP contribution in [-0.2, 0) is 5.41 Å². The SMILES string of the molecule is CC(C)(CNc1nc2c(C#N)cccc2[nH]1)c1ccc(F)cc1. The zero-order chi connectivity index (χ0) is 16.4. The average Bonchev–Trinajstić information content (AvgIpc) is 2.96. The van der Waals surface area contributed by atoms with Crippen LogP contribution in [0.4, 0.5) is 10.3 Å². The highest BCUT2D eigenvalue weighted by Crippen LogP contribution is 2.24. The molecule has 0 unspecified atom stereocenters. The van der Waals surface area contributed by atoms with E-state index in [1.54, 1.807) is 18.2 Å². The van der Waals surface area contributed by atoms with Crippen molar-refractivity contribution in [3.63, 3.8) is 0 Å². The monoisotopic (exact) mass is 308 g/mol. The fraction of sp³-hybridized carbons (Fsp3) is 0.222. The molecule has 0 bridgehead atoms. The predicted molar refractivity (Wildman–Crippen MR) is 88.7 cm³/mol. The molecule has 0 saturated carbocycles. The van der Waals surface area contributed by atoms with Crippen molar-refractivity contribution >= 4 is 17.0 Å². The Kier molecular flexibility index (Phi) is 3.75. The molecule has 0 saturated heterocycles. The molecule has 1 aromatic heterocycles. The number of aromatic amines is 1. The van der Waals surface area contributed by atoms with E-state index >= 15 is 0 Å². The average molecular weight is 308 g/mol. The van der Waals surface area contributed by atoms with Gasteiger partial charge in [-0.3, -0.25) is 0 Å². The van der Waals surface area contributed by atoms with Gasteiger partial charge in [0.2, 0.25) is 5.95 Å². The lowest BCUT2D eigenvalue weighted by Crippen LogP contribution is -2.28. The van der Waals surface area contributed by atoms with E-state index in [1.807, 2.05) is 12.1 Å². The first kappa shape index (κ1) is 15.0. The Morgan fingerprint density at radius 1 is 1.22 bits per heavy atom. The van der Waals surface area contributed by atoms with Gasteiger partial charge in [-0.2, -0.15) is 5.26 Å². The number of H-pyrrole nitrogens is 1. The second-order valence-electron chi connectivity index (χ2n) is 6.14. The van der Waals surface area contributed by atoms with Crippen LogP contribution in [0.25, 0.3) is 11.0 Å². The van der Waals surface area contributed by atoms with E-state index in [0.717, 1.165) is 11.1 Å². The summed E-state index contributed by atoms with van der Waals surface area (Å²) in [4.78, 5) is 7.62. The highest BCUT2D eigenvalue weighted by molar-refractivity contribution is 5.83. The zero-order valence-corrected chi connectivity index (χ0v) is 13.0. The molecule has 2 aromatic carbocycles. The van der Waals surface area contributed by atoms with Gasteiger partial charge < -0.3 is 10.3 Å². The minimum atomic E-state index is -0.237. The van der Waals surface area contributed by atoms with Crippen LogP contribution in [0, 0.1) is 17.1 Å². The number of aromatic nitrogens is 2. The van der Waals surface area contributed by atoms with Crippen molar-refractivity contribution in [3.05, 3.63) is 59.4 Å². The number of para-hydroxylation sites is 1. The number of nitrogens with one attached hydrogen (secondary N) is 2. The van der Waals surface area contributed by atoms with Crippen LogP contribution in [0.5, 0.6) is 0 Å². The van der Waals surface area contributed by atoms with Crippen molar-refractivity contribution < 1.29 is 4.39 Å². The first-order valence-corrected chi connectivity index (χ1v) is 7.38. The van der Waals surface area contributed by atoms with Gasteiger partial charge >= 0.3 is 0 Å². The van der Waals surface area contributed by atoms with Crippen LogP contribution < -0.4 is 5.32 Å². The van der Waals surface area contributed by atoms with E-state index in [4.69, 9.17) is 5.26 Å². The fourth-order valence-corrected chi connectivity index (χ4v) is 2.51. The number of anilines is 1. The lowest BCUT2D eigenvalue weighted by atomic mass is 9.84. The van der Waals surface area contributed by atoms with Gasteiger partial charge in [-0.05, 0) is 29.8 Å². The van der Waals surface area contributed by atoms with Crippen LogP contribution >= 0.6 is 0 Å². The van der Waals surface area contributed by atoms with Crippen molar-refractivity contribution in [1.29, 1.82) is 5.26 Å². The molecule has 1 heterocycles. The molecular weight excluding hydrogens is 291 g/mol. The van der Waals surface area contributed by atoms with Crippen LogP contribution in [0.1, 0.15) is 25.0 Å². The molecule has 3 aromatic rings. The van der Waals surface area contributed by atoms with Gasteiger partial charge in [0.25, 0.3) is 0 Å².